The number of nitrogens with two attached hydrogens (primary N) is 1. The van der Waals surface area contributed by atoms with Gasteiger partial charge in [-0.15, -0.1) is 0 Å². The number of pyridine rings is 1. The number of rotatable bonds is 5. The van der Waals surface area contributed by atoms with Gasteiger partial charge in [-0.1, -0.05) is 6.07 Å². The minimum absolute atomic E-state index is 0.259. The van der Waals surface area contributed by atoms with E-state index in [0.717, 1.165) is 44.8 Å². The van der Waals surface area contributed by atoms with Gasteiger partial charge in [0.05, 0.1) is 12.3 Å². The highest BCUT2D eigenvalue weighted by atomic mass is 16.5. The number of aliphatic hydroxyl groups excluding tert-OH is 1. The zero-order valence-electron chi connectivity index (χ0n) is 12.5. The van der Waals surface area contributed by atoms with Crippen LogP contribution in [0.25, 0.3) is 0 Å². The van der Waals surface area contributed by atoms with Gasteiger partial charge in [0.1, 0.15) is 5.82 Å². The van der Waals surface area contributed by atoms with E-state index in [1.165, 1.54) is 18.4 Å². The van der Waals surface area contributed by atoms with Crippen molar-refractivity contribution in [3.63, 3.8) is 0 Å². The molecule has 2 fully saturated rings. The molecule has 0 spiro atoms. The number of ether oxygens (including phenoxy) is 1. The molecule has 0 bridgehead atoms. The second-order valence-corrected chi connectivity index (χ2v) is 6.11. The van der Waals surface area contributed by atoms with Crippen LogP contribution >= 0.6 is 0 Å². The van der Waals surface area contributed by atoms with E-state index in [-0.39, 0.29) is 6.61 Å². The fourth-order valence-electron chi connectivity index (χ4n) is 3.58. The van der Waals surface area contributed by atoms with Crippen LogP contribution in [0.2, 0.25) is 0 Å². The standard InChI is InChI=1S/C16H25N3O2/c17-16-4-3-14(12-6-9-21-11-12)15(18-16)10-19-7-1-2-13(19)5-8-20/h3-4,12-13,20H,1-2,5-11H2,(H2,17,18)/t12?,13-/m0/s1. The Bertz CT molecular complexity index is 475. The van der Waals surface area contributed by atoms with Crippen molar-refractivity contribution in [3.8, 4) is 0 Å². The van der Waals surface area contributed by atoms with Crippen LogP contribution in [-0.4, -0.2) is 47.4 Å². The number of hydrogen-bond donors (Lipinski definition) is 2. The van der Waals surface area contributed by atoms with Gasteiger partial charge >= 0.3 is 0 Å². The summed E-state index contributed by atoms with van der Waals surface area (Å²) in [6.07, 6.45) is 4.29. The molecule has 0 aromatic carbocycles. The Hall–Kier alpha value is -1.17. The molecule has 0 saturated carbocycles. The van der Waals surface area contributed by atoms with Crippen molar-refractivity contribution < 1.29 is 9.84 Å². The predicted octanol–water partition coefficient (Wildman–Crippen LogP) is 1.51. The van der Waals surface area contributed by atoms with Gasteiger partial charge in [-0.05, 0) is 43.9 Å². The van der Waals surface area contributed by atoms with Gasteiger partial charge < -0.3 is 15.6 Å². The lowest BCUT2D eigenvalue weighted by atomic mass is 9.96. The highest BCUT2D eigenvalue weighted by Gasteiger charge is 2.27. The lowest BCUT2D eigenvalue weighted by Gasteiger charge is -2.25. The molecule has 3 rings (SSSR count). The van der Waals surface area contributed by atoms with Crippen LogP contribution in [0.1, 0.15) is 42.9 Å². The molecule has 2 saturated heterocycles. The largest absolute Gasteiger partial charge is 0.396 e. The summed E-state index contributed by atoms with van der Waals surface area (Å²) in [7, 11) is 0. The van der Waals surface area contributed by atoms with Gasteiger partial charge in [0.15, 0.2) is 0 Å². The van der Waals surface area contributed by atoms with Crippen molar-refractivity contribution in [1.29, 1.82) is 0 Å². The Balaban J connectivity index is 1.78. The molecule has 0 amide bonds. The zero-order chi connectivity index (χ0) is 14.7. The number of aromatic nitrogens is 1. The summed E-state index contributed by atoms with van der Waals surface area (Å²) < 4.78 is 5.52. The van der Waals surface area contributed by atoms with Crippen LogP contribution in [-0.2, 0) is 11.3 Å². The minimum atomic E-state index is 0.259. The minimum Gasteiger partial charge on any atom is -0.396 e. The van der Waals surface area contributed by atoms with E-state index in [9.17, 15) is 5.11 Å². The summed E-state index contributed by atoms with van der Waals surface area (Å²) in [5, 5.41) is 9.20. The maximum absolute atomic E-state index is 9.20. The summed E-state index contributed by atoms with van der Waals surface area (Å²) >= 11 is 0. The van der Waals surface area contributed by atoms with E-state index in [4.69, 9.17) is 10.5 Å². The first-order chi connectivity index (χ1) is 10.3. The summed E-state index contributed by atoms with van der Waals surface area (Å²) in [5.41, 5.74) is 8.27. The second-order valence-electron chi connectivity index (χ2n) is 6.11. The lowest BCUT2D eigenvalue weighted by Crippen LogP contribution is -2.30. The fraction of sp³-hybridized carbons (Fsp3) is 0.688. The molecule has 5 heteroatoms. The molecule has 1 aromatic heterocycles. The lowest BCUT2D eigenvalue weighted by molar-refractivity contribution is 0.186. The number of likely N-dealkylation sites (tertiary alicyclic amines) is 1. The monoisotopic (exact) mass is 291 g/mol. The molecule has 5 nitrogen and oxygen atoms in total. The Morgan fingerprint density at radius 1 is 1.38 bits per heavy atom. The van der Waals surface area contributed by atoms with E-state index >= 15 is 0 Å². The van der Waals surface area contributed by atoms with Gasteiger partial charge in [-0.2, -0.15) is 0 Å². The van der Waals surface area contributed by atoms with Crippen LogP contribution in [0, 0.1) is 0 Å². The van der Waals surface area contributed by atoms with Crippen molar-refractivity contribution in [3.05, 3.63) is 23.4 Å². The smallest absolute Gasteiger partial charge is 0.123 e. The normalized spacial score (nSPS) is 26.5. The van der Waals surface area contributed by atoms with Crippen LogP contribution in [0.3, 0.4) is 0 Å². The van der Waals surface area contributed by atoms with Crippen molar-refractivity contribution in [2.75, 3.05) is 32.1 Å². The molecule has 2 atom stereocenters. The second kappa shape index (κ2) is 6.73. The molecule has 0 radical (unpaired) electrons. The maximum atomic E-state index is 9.20. The van der Waals surface area contributed by atoms with Gasteiger partial charge in [0.25, 0.3) is 0 Å². The highest BCUT2D eigenvalue weighted by Crippen LogP contribution is 2.30. The quantitative estimate of drug-likeness (QED) is 0.860. The first-order valence-electron chi connectivity index (χ1n) is 7.96. The fourth-order valence-corrected chi connectivity index (χ4v) is 3.58. The predicted molar refractivity (Wildman–Crippen MR) is 82.0 cm³/mol. The Kier molecular flexibility index (Phi) is 4.73. The Morgan fingerprint density at radius 2 is 2.29 bits per heavy atom. The average Bonchev–Trinajstić information content (AvgIpc) is 3.12. The van der Waals surface area contributed by atoms with Crippen LogP contribution in [0.15, 0.2) is 12.1 Å². The summed E-state index contributed by atoms with van der Waals surface area (Å²) in [4.78, 5) is 7.04. The number of hydrogen-bond acceptors (Lipinski definition) is 5. The van der Waals surface area contributed by atoms with Crippen molar-refractivity contribution in [2.45, 2.75) is 44.2 Å². The molecule has 1 aromatic rings. The van der Waals surface area contributed by atoms with Crippen LogP contribution < -0.4 is 5.73 Å². The number of nitrogen functional groups attached to an aromatic ring is 1. The van der Waals surface area contributed by atoms with E-state index < -0.39 is 0 Å². The molecule has 0 aliphatic carbocycles. The van der Waals surface area contributed by atoms with Gasteiger partial charge in [-0.3, -0.25) is 4.90 Å². The third-order valence-corrected chi connectivity index (χ3v) is 4.71. The van der Waals surface area contributed by atoms with Crippen LogP contribution in [0.5, 0.6) is 0 Å². The molecule has 2 aliphatic heterocycles. The zero-order valence-corrected chi connectivity index (χ0v) is 12.5. The van der Waals surface area contributed by atoms with Gasteiger partial charge in [-0.25, -0.2) is 4.98 Å². The van der Waals surface area contributed by atoms with E-state index in [2.05, 4.69) is 16.0 Å². The molecule has 3 N–H and O–H groups in total. The molecule has 1 unspecified atom stereocenters. The Morgan fingerprint density at radius 3 is 3.05 bits per heavy atom. The summed E-state index contributed by atoms with van der Waals surface area (Å²) in [6, 6.07) is 4.49. The average molecular weight is 291 g/mol. The molecular weight excluding hydrogens is 266 g/mol. The van der Waals surface area contributed by atoms with Crippen molar-refractivity contribution in [1.82, 2.24) is 9.88 Å². The third-order valence-electron chi connectivity index (χ3n) is 4.71. The van der Waals surface area contributed by atoms with E-state index in [0.29, 0.717) is 17.8 Å². The highest BCUT2D eigenvalue weighted by molar-refractivity contribution is 5.36. The molecule has 21 heavy (non-hydrogen) atoms. The van der Waals surface area contributed by atoms with Gasteiger partial charge in [0, 0.05) is 31.7 Å². The van der Waals surface area contributed by atoms with E-state index in [1.807, 2.05) is 6.07 Å². The van der Waals surface area contributed by atoms with E-state index in [1.54, 1.807) is 0 Å². The SMILES string of the molecule is Nc1ccc(C2CCOC2)c(CN2CCC[C@H]2CCO)n1. The van der Waals surface area contributed by atoms with Gasteiger partial charge in [0.2, 0.25) is 0 Å². The first-order valence-corrected chi connectivity index (χ1v) is 7.96. The molecule has 116 valence electrons. The summed E-state index contributed by atoms with van der Waals surface area (Å²) in [6.45, 7) is 3.81. The first kappa shape index (κ1) is 14.8. The molecule has 3 heterocycles. The van der Waals surface area contributed by atoms with Crippen molar-refractivity contribution in [2.24, 2.45) is 0 Å². The van der Waals surface area contributed by atoms with Crippen molar-refractivity contribution >= 4 is 5.82 Å². The number of nitrogens with zero attached hydrogens (tertiary/aromatic N) is 2. The third kappa shape index (κ3) is 3.36. The number of aliphatic hydroxyl groups is 1. The number of anilines is 1. The Labute approximate surface area is 126 Å². The topological polar surface area (TPSA) is 71.6 Å². The maximum Gasteiger partial charge on any atom is 0.123 e. The molecular formula is C16H25N3O2. The van der Waals surface area contributed by atoms with Crippen LogP contribution in [0.4, 0.5) is 5.82 Å². The summed E-state index contributed by atoms with van der Waals surface area (Å²) in [5.74, 6) is 1.04. The molecule has 2 aliphatic rings.